The van der Waals surface area contributed by atoms with Crippen LogP contribution in [0, 0.1) is 0 Å². The number of unbranched alkanes of at least 4 members (excludes halogenated alkanes) is 18. The van der Waals surface area contributed by atoms with E-state index in [2.05, 4.69) is 25.7 Å². The fourth-order valence-electron chi connectivity index (χ4n) is 3.61. The Morgan fingerprint density at radius 3 is 0.971 bits per heavy atom. The van der Waals surface area contributed by atoms with Gasteiger partial charge >= 0.3 is 174 Å². The second-order valence-corrected chi connectivity index (χ2v) is 15.6. The summed E-state index contributed by atoms with van der Waals surface area (Å²) < 4.78 is 17.1. The van der Waals surface area contributed by atoms with Crippen LogP contribution in [0.1, 0.15) is 142 Å². The second-order valence-electron chi connectivity index (χ2n) is 9.07. The van der Waals surface area contributed by atoms with E-state index < -0.39 is 13.4 Å². The SMILES string of the molecule is CCCCCCCCCCCCOP(=S)([O][Mo])OCCCCCCCCCCCC.OP(O)(O)=S. The maximum atomic E-state index is 7.56. The fourth-order valence-corrected chi connectivity index (χ4v) is 5.56. The molecule has 213 valence electrons. The zero-order chi connectivity index (χ0) is 26.7. The molecule has 0 aliphatic rings. The third kappa shape index (κ3) is 38.0. The summed E-state index contributed by atoms with van der Waals surface area (Å²) in [6, 6.07) is 0. The van der Waals surface area contributed by atoms with Crippen LogP contribution >= 0.6 is 13.4 Å². The molecule has 0 radical (unpaired) electrons. The van der Waals surface area contributed by atoms with Crippen molar-refractivity contribution >= 4 is 37.1 Å². The molecule has 0 rings (SSSR count). The van der Waals surface area contributed by atoms with Crippen molar-refractivity contribution in [3.8, 4) is 0 Å². The van der Waals surface area contributed by atoms with Crippen LogP contribution in [0.3, 0.4) is 0 Å². The molecule has 0 heterocycles. The Bertz CT molecular complexity index is 488. The molecule has 0 amide bonds. The summed E-state index contributed by atoms with van der Waals surface area (Å²) in [5.74, 6) is 0. The van der Waals surface area contributed by atoms with Gasteiger partial charge < -0.3 is 14.7 Å². The van der Waals surface area contributed by atoms with Crippen molar-refractivity contribution in [3.63, 3.8) is 0 Å². The van der Waals surface area contributed by atoms with Gasteiger partial charge in [0.2, 0.25) is 0 Å². The molecule has 35 heavy (non-hydrogen) atoms. The first-order valence-corrected chi connectivity index (χ1v) is 19.7. The van der Waals surface area contributed by atoms with E-state index in [1.54, 1.807) is 20.2 Å². The van der Waals surface area contributed by atoms with E-state index in [0.717, 1.165) is 12.8 Å². The van der Waals surface area contributed by atoms with Gasteiger partial charge in [-0.05, 0) is 11.8 Å². The van der Waals surface area contributed by atoms with E-state index in [1.165, 1.54) is 116 Å². The molecular weight excluding hydrogens is 606 g/mol. The van der Waals surface area contributed by atoms with E-state index in [0.29, 0.717) is 13.2 Å². The Kier molecular flexibility index (Phi) is 31.9. The zero-order valence-corrected chi connectivity index (χ0v) is 27.7. The van der Waals surface area contributed by atoms with Crippen LogP contribution in [-0.2, 0) is 56.0 Å². The van der Waals surface area contributed by atoms with Gasteiger partial charge in [0.15, 0.2) is 0 Å². The molecule has 0 atom stereocenters. The van der Waals surface area contributed by atoms with E-state index in [9.17, 15) is 0 Å². The smallest absolute Gasteiger partial charge is 0.325 e. The molecular formula is C24H53MoO6P2S2. The van der Waals surface area contributed by atoms with Crippen LogP contribution < -0.4 is 0 Å². The summed E-state index contributed by atoms with van der Waals surface area (Å²) in [5, 5.41) is 0. The van der Waals surface area contributed by atoms with Gasteiger partial charge in [0.1, 0.15) is 0 Å². The van der Waals surface area contributed by atoms with Gasteiger partial charge in [-0.15, -0.1) is 0 Å². The molecule has 0 aromatic rings. The Balaban J connectivity index is 0. The topological polar surface area (TPSA) is 88.4 Å². The van der Waals surface area contributed by atoms with Gasteiger partial charge in [0.05, 0.1) is 0 Å². The molecule has 0 fully saturated rings. The van der Waals surface area contributed by atoms with E-state index in [4.69, 9.17) is 38.7 Å². The predicted molar refractivity (Wildman–Crippen MR) is 152 cm³/mol. The van der Waals surface area contributed by atoms with Crippen LogP contribution in [0.25, 0.3) is 0 Å². The molecule has 0 aliphatic carbocycles. The molecule has 0 aromatic heterocycles. The number of hydrogen-bond donors (Lipinski definition) is 3. The van der Waals surface area contributed by atoms with E-state index in [-0.39, 0.29) is 0 Å². The minimum atomic E-state index is -3.81. The molecule has 0 saturated carbocycles. The minimum Gasteiger partial charge on any atom is -0.325 e. The van der Waals surface area contributed by atoms with Gasteiger partial charge in [0, 0.05) is 0 Å². The van der Waals surface area contributed by atoms with Crippen molar-refractivity contribution in [1.29, 1.82) is 0 Å². The predicted octanol–water partition coefficient (Wildman–Crippen LogP) is 8.75. The molecule has 0 unspecified atom stereocenters. The average molecular weight is 660 g/mol. The van der Waals surface area contributed by atoms with Crippen LogP contribution in [0.15, 0.2) is 0 Å². The fraction of sp³-hybridized carbons (Fsp3) is 1.00. The van der Waals surface area contributed by atoms with Gasteiger partial charge in [-0.25, -0.2) is 0 Å². The number of hydrogen-bond acceptors (Lipinski definition) is 5. The van der Waals surface area contributed by atoms with Crippen LogP contribution in [0.4, 0.5) is 0 Å². The van der Waals surface area contributed by atoms with Gasteiger partial charge in [-0.2, -0.15) is 0 Å². The molecule has 0 aliphatic heterocycles. The van der Waals surface area contributed by atoms with Crippen molar-refractivity contribution in [2.45, 2.75) is 142 Å². The minimum absolute atomic E-state index is 0.668. The van der Waals surface area contributed by atoms with Crippen LogP contribution in [0.5, 0.6) is 0 Å². The maximum absolute atomic E-state index is 7.56. The molecule has 0 aromatic carbocycles. The summed E-state index contributed by atoms with van der Waals surface area (Å²) in [5.41, 5.74) is 0. The Hall–Kier alpha value is 1.75. The van der Waals surface area contributed by atoms with Crippen molar-refractivity contribution < 1.29 is 47.1 Å². The third-order valence-electron chi connectivity index (χ3n) is 5.59. The van der Waals surface area contributed by atoms with Gasteiger partial charge in [0.25, 0.3) is 0 Å². The monoisotopic (exact) mass is 661 g/mol. The first-order chi connectivity index (χ1) is 16.7. The standard InChI is InChI=1S/C24H51O3PS.Mo.H3O3PS/c1-3-5-7-9-11-13-15-17-19-21-23-26-28(25,29)27-24-22-20-18-16-14-12-10-8-6-4-2;;1-4(2,3)5/h3-24H2,1-2H3,(H,25,29);;(H3,1,2,3,5)/q;+1;/p-1. The molecule has 6 nitrogen and oxygen atoms in total. The quantitative estimate of drug-likeness (QED) is 0.0510. The zero-order valence-electron chi connectivity index (χ0n) is 22.2. The molecule has 11 heteroatoms. The Morgan fingerprint density at radius 1 is 0.514 bits per heavy atom. The average Bonchev–Trinajstić information content (AvgIpc) is 2.80. The summed E-state index contributed by atoms with van der Waals surface area (Å²) in [7, 11) is 0. The van der Waals surface area contributed by atoms with Crippen molar-refractivity contribution in [1.82, 2.24) is 0 Å². The van der Waals surface area contributed by atoms with E-state index in [1.807, 2.05) is 0 Å². The van der Waals surface area contributed by atoms with Crippen molar-refractivity contribution in [3.05, 3.63) is 0 Å². The van der Waals surface area contributed by atoms with E-state index >= 15 is 0 Å². The molecule has 0 saturated heterocycles. The Morgan fingerprint density at radius 2 is 0.743 bits per heavy atom. The molecule has 3 N–H and O–H groups in total. The third-order valence-corrected chi connectivity index (χ3v) is 9.82. The number of rotatable bonds is 25. The molecule has 0 spiro atoms. The first-order valence-electron chi connectivity index (χ1n) is 13.7. The summed E-state index contributed by atoms with van der Waals surface area (Å²) in [4.78, 5) is 22.7. The van der Waals surface area contributed by atoms with Crippen molar-refractivity contribution in [2.24, 2.45) is 0 Å². The normalized spacial score (nSPS) is 11.9. The van der Waals surface area contributed by atoms with Crippen LogP contribution in [-0.4, -0.2) is 27.9 Å². The van der Waals surface area contributed by atoms with Gasteiger partial charge in [-0.3, -0.25) is 0 Å². The van der Waals surface area contributed by atoms with Gasteiger partial charge in [-0.1, -0.05) is 39.5 Å². The summed E-state index contributed by atoms with van der Waals surface area (Å²) in [6.07, 6.45) is 26.5. The van der Waals surface area contributed by atoms with Crippen molar-refractivity contribution in [2.75, 3.05) is 13.2 Å². The summed E-state index contributed by atoms with van der Waals surface area (Å²) >= 11 is 10.6. The van der Waals surface area contributed by atoms with Crippen LogP contribution in [0.2, 0.25) is 0 Å². The second kappa shape index (κ2) is 28.7. The summed E-state index contributed by atoms with van der Waals surface area (Å²) in [6.45, 7) is -0.441. The Labute approximate surface area is 238 Å². The first kappa shape index (κ1) is 38.9. The molecule has 0 bridgehead atoms.